The Labute approximate surface area is 109 Å². The highest BCUT2D eigenvalue weighted by atomic mass is 15.1. The minimum atomic E-state index is 0.131. The lowest BCUT2D eigenvalue weighted by Gasteiger charge is -2.25. The molecule has 3 heteroatoms. The van der Waals surface area contributed by atoms with Crippen molar-refractivity contribution in [2.75, 3.05) is 6.54 Å². The molecule has 1 aromatic carbocycles. The second-order valence-electron chi connectivity index (χ2n) is 5.31. The molecule has 0 aliphatic heterocycles. The van der Waals surface area contributed by atoms with Gasteiger partial charge in [0.05, 0.1) is 6.54 Å². The molecule has 96 valence electrons. The van der Waals surface area contributed by atoms with Crippen LogP contribution in [0, 0.1) is 0 Å². The summed E-state index contributed by atoms with van der Waals surface area (Å²) in [5.74, 6) is 1.07. The zero-order valence-corrected chi connectivity index (χ0v) is 11.4. The molecule has 1 heterocycles. The van der Waals surface area contributed by atoms with Gasteiger partial charge in [0.2, 0.25) is 0 Å². The van der Waals surface area contributed by atoms with Gasteiger partial charge in [-0.2, -0.15) is 0 Å². The van der Waals surface area contributed by atoms with Crippen LogP contribution in [-0.4, -0.2) is 16.1 Å². The first-order valence-electron chi connectivity index (χ1n) is 6.32. The molecule has 1 aromatic heterocycles. The lowest BCUT2D eigenvalue weighted by molar-refractivity contribution is 0.461. The number of aromatic nitrogens is 2. The van der Waals surface area contributed by atoms with Gasteiger partial charge in [-0.25, -0.2) is 4.98 Å². The van der Waals surface area contributed by atoms with E-state index in [2.05, 4.69) is 54.5 Å². The van der Waals surface area contributed by atoms with Crippen LogP contribution < -0.4 is 5.32 Å². The van der Waals surface area contributed by atoms with Gasteiger partial charge in [0.1, 0.15) is 5.82 Å². The fourth-order valence-electron chi connectivity index (χ4n) is 2.05. The van der Waals surface area contributed by atoms with Gasteiger partial charge in [-0.3, -0.25) is 0 Å². The Kier molecular flexibility index (Phi) is 3.82. The molecule has 0 saturated carbocycles. The van der Waals surface area contributed by atoms with Crippen LogP contribution >= 0.6 is 0 Å². The summed E-state index contributed by atoms with van der Waals surface area (Å²) in [5, 5.41) is 3.48. The van der Waals surface area contributed by atoms with Crippen molar-refractivity contribution in [3.8, 4) is 0 Å². The molecule has 2 aromatic rings. The Morgan fingerprint density at radius 1 is 1.22 bits per heavy atom. The molecule has 0 saturated heterocycles. The largest absolute Gasteiger partial charge is 0.337 e. The third-order valence-electron chi connectivity index (χ3n) is 3.33. The Balaban J connectivity index is 1.92. The third kappa shape index (κ3) is 2.99. The van der Waals surface area contributed by atoms with Crippen LogP contribution in [-0.2, 0) is 19.0 Å². The second kappa shape index (κ2) is 5.36. The zero-order valence-electron chi connectivity index (χ0n) is 11.4. The fourth-order valence-corrected chi connectivity index (χ4v) is 2.05. The smallest absolute Gasteiger partial charge is 0.122 e. The molecule has 0 atom stereocenters. The van der Waals surface area contributed by atoms with Crippen molar-refractivity contribution in [3.05, 3.63) is 54.1 Å². The molecule has 0 spiro atoms. The maximum Gasteiger partial charge on any atom is 0.122 e. The summed E-state index contributed by atoms with van der Waals surface area (Å²) in [6.45, 7) is 6.26. The minimum Gasteiger partial charge on any atom is -0.337 e. The Bertz CT molecular complexity index is 485. The van der Waals surface area contributed by atoms with Gasteiger partial charge >= 0.3 is 0 Å². The monoisotopic (exact) mass is 243 g/mol. The van der Waals surface area contributed by atoms with Crippen molar-refractivity contribution < 1.29 is 0 Å². The first kappa shape index (κ1) is 12.8. The Morgan fingerprint density at radius 3 is 2.56 bits per heavy atom. The Morgan fingerprint density at radius 2 is 1.94 bits per heavy atom. The van der Waals surface area contributed by atoms with Crippen LogP contribution in [0.5, 0.6) is 0 Å². The molecule has 0 radical (unpaired) electrons. The summed E-state index contributed by atoms with van der Waals surface area (Å²) in [4.78, 5) is 4.31. The van der Waals surface area contributed by atoms with Crippen molar-refractivity contribution >= 4 is 0 Å². The van der Waals surface area contributed by atoms with E-state index in [1.54, 1.807) is 0 Å². The van der Waals surface area contributed by atoms with Crippen LogP contribution in [0.15, 0.2) is 42.7 Å². The lowest BCUT2D eigenvalue weighted by Crippen LogP contribution is -2.33. The number of nitrogens with zero attached hydrogens (tertiary/aromatic N) is 2. The fraction of sp³-hybridized carbons (Fsp3) is 0.400. The molecule has 1 N–H and O–H groups in total. The zero-order chi connectivity index (χ0) is 13.0. The van der Waals surface area contributed by atoms with Crippen molar-refractivity contribution in [1.29, 1.82) is 0 Å². The van der Waals surface area contributed by atoms with Crippen molar-refractivity contribution in [2.45, 2.75) is 25.8 Å². The number of benzene rings is 1. The quantitative estimate of drug-likeness (QED) is 0.874. The van der Waals surface area contributed by atoms with Gasteiger partial charge in [-0.05, 0) is 5.56 Å². The molecule has 0 amide bonds. The molecule has 0 unspecified atom stereocenters. The summed E-state index contributed by atoms with van der Waals surface area (Å²) in [7, 11) is 2.02. The SMILES string of the molecule is Cn1ccnc1CNCC(C)(C)c1ccccc1. The average Bonchev–Trinajstić information content (AvgIpc) is 2.76. The molecule has 2 rings (SSSR count). The summed E-state index contributed by atoms with van der Waals surface area (Å²) in [6, 6.07) is 10.6. The molecule has 0 fully saturated rings. The first-order valence-corrected chi connectivity index (χ1v) is 6.32. The van der Waals surface area contributed by atoms with E-state index in [-0.39, 0.29) is 5.41 Å². The highest BCUT2D eigenvalue weighted by Crippen LogP contribution is 2.21. The van der Waals surface area contributed by atoms with Crippen LogP contribution in [0.1, 0.15) is 25.2 Å². The van der Waals surface area contributed by atoms with E-state index in [1.165, 1.54) is 5.56 Å². The molecule has 0 bridgehead atoms. The molecular formula is C15H21N3. The average molecular weight is 243 g/mol. The number of nitrogens with one attached hydrogen (secondary N) is 1. The standard InChI is InChI=1S/C15H21N3/c1-15(2,13-7-5-4-6-8-13)12-16-11-14-17-9-10-18(14)3/h4-10,16H,11-12H2,1-3H3. The predicted molar refractivity (Wildman–Crippen MR) is 74.4 cm³/mol. The van der Waals surface area contributed by atoms with E-state index in [1.807, 2.05) is 24.0 Å². The highest BCUT2D eigenvalue weighted by Gasteiger charge is 2.19. The van der Waals surface area contributed by atoms with Gasteiger partial charge in [-0.15, -0.1) is 0 Å². The van der Waals surface area contributed by atoms with E-state index < -0.39 is 0 Å². The van der Waals surface area contributed by atoms with E-state index in [4.69, 9.17) is 0 Å². The van der Waals surface area contributed by atoms with Gasteiger partial charge in [0.25, 0.3) is 0 Å². The van der Waals surface area contributed by atoms with Crippen LogP contribution in [0.25, 0.3) is 0 Å². The number of aryl methyl sites for hydroxylation is 1. The van der Waals surface area contributed by atoms with Crippen molar-refractivity contribution in [3.63, 3.8) is 0 Å². The predicted octanol–water partition coefficient (Wildman–Crippen LogP) is 2.49. The summed E-state index contributed by atoms with van der Waals surface area (Å²) in [5.41, 5.74) is 1.49. The van der Waals surface area contributed by atoms with Gasteiger partial charge < -0.3 is 9.88 Å². The number of hydrogen-bond donors (Lipinski definition) is 1. The van der Waals surface area contributed by atoms with Crippen LogP contribution in [0.2, 0.25) is 0 Å². The Hall–Kier alpha value is -1.61. The normalized spacial score (nSPS) is 11.7. The molecule has 0 aliphatic carbocycles. The summed E-state index contributed by atoms with van der Waals surface area (Å²) >= 11 is 0. The third-order valence-corrected chi connectivity index (χ3v) is 3.33. The van der Waals surface area contributed by atoms with E-state index in [9.17, 15) is 0 Å². The topological polar surface area (TPSA) is 29.9 Å². The molecule has 3 nitrogen and oxygen atoms in total. The summed E-state index contributed by atoms with van der Waals surface area (Å²) < 4.78 is 2.04. The second-order valence-corrected chi connectivity index (χ2v) is 5.31. The van der Waals surface area contributed by atoms with Crippen molar-refractivity contribution in [1.82, 2.24) is 14.9 Å². The van der Waals surface area contributed by atoms with E-state index in [0.29, 0.717) is 0 Å². The molecular weight excluding hydrogens is 222 g/mol. The minimum absolute atomic E-state index is 0.131. The summed E-state index contributed by atoms with van der Waals surface area (Å²) in [6.07, 6.45) is 3.80. The lowest BCUT2D eigenvalue weighted by atomic mass is 9.85. The maximum absolute atomic E-state index is 4.31. The maximum atomic E-state index is 4.31. The van der Waals surface area contributed by atoms with Crippen LogP contribution in [0.4, 0.5) is 0 Å². The van der Waals surface area contributed by atoms with Gasteiger partial charge in [0.15, 0.2) is 0 Å². The highest BCUT2D eigenvalue weighted by molar-refractivity contribution is 5.23. The van der Waals surface area contributed by atoms with E-state index in [0.717, 1.165) is 18.9 Å². The first-order chi connectivity index (χ1) is 8.59. The number of hydrogen-bond acceptors (Lipinski definition) is 2. The van der Waals surface area contributed by atoms with Gasteiger partial charge in [-0.1, -0.05) is 44.2 Å². The van der Waals surface area contributed by atoms with Gasteiger partial charge in [0, 0.05) is 31.4 Å². The number of rotatable bonds is 5. The molecule has 0 aliphatic rings. The van der Waals surface area contributed by atoms with Crippen molar-refractivity contribution in [2.24, 2.45) is 7.05 Å². The van der Waals surface area contributed by atoms with E-state index >= 15 is 0 Å². The number of imidazole rings is 1. The van der Waals surface area contributed by atoms with Crippen LogP contribution in [0.3, 0.4) is 0 Å². The molecule has 18 heavy (non-hydrogen) atoms.